The molecule has 2 aromatic carbocycles. The van der Waals surface area contributed by atoms with Crippen LogP contribution < -0.4 is 5.32 Å². The monoisotopic (exact) mass is 366 g/mol. The predicted molar refractivity (Wildman–Crippen MR) is 104 cm³/mol. The Balaban J connectivity index is 1.57. The van der Waals surface area contributed by atoms with Crippen molar-refractivity contribution < 1.29 is 13.9 Å². The SMILES string of the molecule is O=C(CCc1c(-c2ccccc2)[nH]c2ccc(F)cc12)NC1CCOCC1. The summed E-state index contributed by atoms with van der Waals surface area (Å²) in [5.41, 5.74) is 3.86. The Morgan fingerprint density at radius 2 is 1.93 bits per heavy atom. The van der Waals surface area contributed by atoms with E-state index in [1.54, 1.807) is 12.1 Å². The molecule has 1 aliphatic rings. The van der Waals surface area contributed by atoms with Gasteiger partial charge >= 0.3 is 0 Å². The van der Waals surface area contributed by atoms with Gasteiger partial charge in [0.2, 0.25) is 5.91 Å². The first-order chi connectivity index (χ1) is 13.2. The number of aromatic amines is 1. The molecule has 0 radical (unpaired) electrons. The minimum absolute atomic E-state index is 0.0339. The molecule has 1 saturated heterocycles. The van der Waals surface area contributed by atoms with Crippen LogP contribution in [0.25, 0.3) is 22.2 Å². The van der Waals surface area contributed by atoms with Crippen molar-refractivity contribution in [3.05, 3.63) is 59.9 Å². The van der Waals surface area contributed by atoms with E-state index in [4.69, 9.17) is 4.74 Å². The standard InChI is InChI=1S/C22H23FN2O2/c23-16-6-8-20-19(14-16)18(22(25-20)15-4-2-1-3-5-15)7-9-21(26)24-17-10-12-27-13-11-17/h1-6,8,14,17,25H,7,9-13H2,(H,24,26). The number of amides is 1. The average molecular weight is 366 g/mol. The fraction of sp³-hybridized carbons (Fsp3) is 0.318. The first-order valence-electron chi connectivity index (χ1n) is 9.43. The van der Waals surface area contributed by atoms with Crippen molar-refractivity contribution in [1.29, 1.82) is 0 Å². The average Bonchev–Trinajstić information content (AvgIpc) is 3.05. The van der Waals surface area contributed by atoms with Gasteiger partial charge in [-0.15, -0.1) is 0 Å². The molecule has 4 rings (SSSR count). The van der Waals surface area contributed by atoms with Crippen LogP contribution in [0.3, 0.4) is 0 Å². The molecule has 4 nitrogen and oxygen atoms in total. The van der Waals surface area contributed by atoms with E-state index in [1.807, 2.05) is 30.3 Å². The van der Waals surface area contributed by atoms with Gasteiger partial charge in [0.05, 0.1) is 0 Å². The van der Waals surface area contributed by atoms with E-state index < -0.39 is 0 Å². The van der Waals surface area contributed by atoms with Gasteiger partial charge in [0.15, 0.2) is 0 Å². The van der Waals surface area contributed by atoms with E-state index in [-0.39, 0.29) is 17.8 Å². The molecule has 5 heteroatoms. The Bertz CT molecular complexity index is 930. The molecular weight excluding hydrogens is 343 g/mol. The van der Waals surface area contributed by atoms with E-state index >= 15 is 0 Å². The van der Waals surface area contributed by atoms with Gasteiger partial charge in [-0.25, -0.2) is 4.39 Å². The highest BCUT2D eigenvalue weighted by Crippen LogP contribution is 2.31. The molecule has 0 atom stereocenters. The van der Waals surface area contributed by atoms with Crippen LogP contribution in [0.5, 0.6) is 0 Å². The van der Waals surface area contributed by atoms with Crippen LogP contribution in [0.15, 0.2) is 48.5 Å². The number of benzene rings is 2. The molecule has 1 aromatic heterocycles. The summed E-state index contributed by atoms with van der Waals surface area (Å²) in [6.45, 7) is 1.40. The van der Waals surface area contributed by atoms with Gasteiger partial charge in [0.1, 0.15) is 5.82 Å². The molecule has 0 unspecified atom stereocenters. The van der Waals surface area contributed by atoms with E-state index in [0.29, 0.717) is 26.1 Å². The topological polar surface area (TPSA) is 54.1 Å². The van der Waals surface area contributed by atoms with Gasteiger partial charge < -0.3 is 15.0 Å². The van der Waals surface area contributed by atoms with E-state index in [1.165, 1.54) is 6.07 Å². The zero-order chi connectivity index (χ0) is 18.6. The highest BCUT2D eigenvalue weighted by Gasteiger charge is 2.18. The number of ether oxygens (including phenoxy) is 1. The molecular formula is C22H23FN2O2. The summed E-state index contributed by atoms with van der Waals surface area (Å²) in [7, 11) is 0. The Hall–Kier alpha value is -2.66. The first-order valence-corrected chi connectivity index (χ1v) is 9.43. The van der Waals surface area contributed by atoms with Crippen molar-refractivity contribution in [1.82, 2.24) is 10.3 Å². The van der Waals surface area contributed by atoms with Crippen molar-refractivity contribution in [2.45, 2.75) is 31.7 Å². The molecule has 1 amide bonds. The molecule has 0 bridgehead atoms. The summed E-state index contributed by atoms with van der Waals surface area (Å²) in [5, 5.41) is 3.94. The lowest BCUT2D eigenvalue weighted by Gasteiger charge is -2.23. The molecule has 3 aromatic rings. The number of fused-ring (bicyclic) bond motifs is 1. The summed E-state index contributed by atoms with van der Waals surface area (Å²) in [5.74, 6) is -0.235. The third-order valence-corrected chi connectivity index (χ3v) is 5.12. The van der Waals surface area contributed by atoms with Crippen LogP contribution in [-0.4, -0.2) is 30.1 Å². The maximum absolute atomic E-state index is 13.8. The number of rotatable bonds is 5. The van der Waals surface area contributed by atoms with Crippen LogP contribution in [0.2, 0.25) is 0 Å². The number of H-pyrrole nitrogens is 1. The quantitative estimate of drug-likeness (QED) is 0.711. The fourth-order valence-electron chi connectivity index (χ4n) is 3.71. The van der Waals surface area contributed by atoms with Crippen LogP contribution >= 0.6 is 0 Å². The zero-order valence-electron chi connectivity index (χ0n) is 15.1. The van der Waals surface area contributed by atoms with Crippen LogP contribution in [0.4, 0.5) is 4.39 Å². The largest absolute Gasteiger partial charge is 0.381 e. The van der Waals surface area contributed by atoms with Gasteiger partial charge in [-0.2, -0.15) is 0 Å². The minimum atomic E-state index is -0.269. The van der Waals surface area contributed by atoms with Crippen molar-refractivity contribution in [2.24, 2.45) is 0 Å². The van der Waals surface area contributed by atoms with Crippen molar-refractivity contribution in [3.63, 3.8) is 0 Å². The summed E-state index contributed by atoms with van der Waals surface area (Å²) in [4.78, 5) is 15.8. The van der Waals surface area contributed by atoms with E-state index in [9.17, 15) is 9.18 Å². The second-order valence-electron chi connectivity index (χ2n) is 6.99. The number of carbonyl (C=O) groups is 1. The van der Waals surface area contributed by atoms with Gasteiger partial charge in [0.25, 0.3) is 0 Å². The number of aromatic nitrogens is 1. The third-order valence-electron chi connectivity index (χ3n) is 5.12. The lowest BCUT2D eigenvalue weighted by Crippen LogP contribution is -2.38. The summed E-state index contributed by atoms with van der Waals surface area (Å²) >= 11 is 0. The van der Waals surface area contributed by atoms with Gasteiger partial charge in [-0.1, -0.05) is 30.3 Å². The fourth-order valence-corrected chi connectivity index (χ4v) is 3.71. The minimum Gasteiger partial charge on any atom is -0.381 e. The number of aryl methyl sites for hydroxylation is 1. The zero-order valence-corrected chi connectivity index (χ0v) is 15.1. The van der Waals surface area contributed by atoms with Gasteiger partial charge in [0, 0.05) is 42.3 Å². The Morgan fingerprint density at radius 1 is 1.15 bits per heavy atom. The maximum atomic E-state index is 13.8. The Kier molecular flexibility index (Phi) is 5.21. The predicted octanol–water partition coefficient (Wildman–Crippen LogP) is 4.20. The van der Waals surface area contributed by atoms with Crippen molar-refractivity contribution in [2.75, 3.05) is 13.2 Å². The highest BCUT2D eigenvalue weighted by atomic mass is 19.1. The van der Waals surface area contributed by atoms with E-state index in [2.05, 4.69) is 10.3 Å². The van der Waals surface area contributed by atoms with Crippen LogP contribution in [0, 0.1) is 5.82 Å². The van der Waals surface area contributed by atoms with E-state index in [0.717, 1.165) is 40.6 Å². The molecule has 140 valence electrons. The lowest BCUT2D eigenvalue weighted by molar-refractivity contribution is -0.122. The second-order valence-corrected chi connectivity index (χ2v) is 6.99. The molecule has 27 heavy (non-hydrogen) atoms. The molecule has 1 fully saturated rings. The second kappa shape index (κ2) is 7.92. The Labute approximate surface area is 157 Å². The lowest BCUT2D eigenvalue weighted by atomic mass is 10.0. The number of carbonyl (C=O) groups excluding carboxylic acids is 1. The number of nitrogens with one attached hydrogen (secondary N) is 2. The number of halogens is 1. The molecule has 0 aliphatic carbocycles. The number of hydrogen-bond acceptors (Lipinski definition) is 2. The smallest absolute Gasteiger partial charge is 0.220 e. The summed E-state index contributed by atoms with van der Waals surface area (Å²) < 4.78 is 19.2. The summed E-state index contributed by atoms with van der Waals surface area (Å²) in [6.07, 6.45) is 2.65. The maximum Gasteiger partial charge on any atom is 0.220 e. The Morgan fingerprint density at radius 3 is 2.70 bits per heavy atom. The van der Waals surface area contributed by atoms with Crippen molar-refractivity contribution >= 4 is 16.8 Å². The third kappa shape index (κ3) is 4.03. The molecule has 2 N–H and O–H groups in total. The van der Waals surface area contributed by atoms with Gasteiger partial charge in [-0.05, 0) is 48.6 Å². The first kappa shape index (κ1) is 17.7. The molecule has 1 aliphatic heterocycles. The number of hydrogen-bond donors (Lipinski definition) is 2. The molecule has 2 heterocycles. The molecule has 0 spiro atoms. The van der Waals surface area contributed by atoms with Crippen LogP contribution in [0.1, 0.15) is 24.8 Å². The van der Waals surface area contributed by atoms with Gasteiger partial charge in [-0.3, -0.25) is 4.79 Å². The van der Waals surface area contributed by atoms with Crippen molar-refractivity contribution in [3.8, 4) is 11.3 Å². The highest BCUT2D eigenvalue weighted by molar-refractivity contribution is 5.91. The van der Waals surface area contributed by atoms with Crippen LogP contribution in [-0.2, 0) is 16.0 Å². The normalized spacial score (nSPS) is 15.1. The summed E-state index contributed by atoms with van der Waals surface area (Å²) in [6, 6.07) is 14.9. The molecule has 0 saturated carbocycles.